The highest BCUT2D eigenvalue weighted by Gasteiger charge is 2.25. The molecule has 3 heterocycles. The molecule has 0 saturated carbocycles. The molecule has 9 heteroatoms. The number of methoxy groups -OCH3 is 1. The highest BCUT2D eigenvalue weighted by molar-refractivity contribution is 6.33. The Hall–Kier alpha value is -3.23. The normalized spacial score (nSPS) is 15.8. The van der Waals surface area contributed by atoms with Gasteiger partial charge in [0.2, 0.25) is 5.88 Å². The second-order valence-corrected chi connectivity index (χ2v) is 8.66. The lowest BCUT2D eigenvalue weighted by Gasteiger charge is -2.27. The molecule has 1 aromatic carbocycles. The number of fused-ring (bicyclic) bond motifs is 1. The van der Waals surface area contributed by atoms with Gasteiger partial charge in [0, 0.05) is 18.1 Å². The molecule has 1 aliphatic rings. The van der Waals surface area contributed by atoms with Crippen molar-refractivity contribution in [3.05, 3.63) is 64.2 Å². The van der Waals surface area contributed by atoms with Crippen molar-refractivity contribution in [1.82, 2.24) is 15.0 Å². The molecule has 0 aliphatic carbocycles. The molecule has 34 heavy (non-hydrogen) atoms. The summed E-state index contributed by atoms with van der Waals surface area (Å²) < 4.78 is 11.4. The molecule has 0 saturated heterocycles. The summed E-state index contributed by atoms with van der Waals surface area (Å²) >= 11 is 6.33. The Morgan fingerprint density at radius 2 is 2.12 bits per heavy atom. The number of nitrogens with zero attached hydrogens (tertiary/aromatic N) is 3. The minimum atomic E-state index is -0.864. The number of hydrogen-bond donors (Lipinski definition) is 2. The fourth-order valence-electron chi connectivity index (χ4n) is 4.05. The van der Waals surface area contributed by atoms with E-state index in [4.69, 9.17) is 31.2 Å². The number of benzene rings is 1. The van der Waals surface area contributed by atoms with Crippen molar-refractivity contribution in [3.63, 3.8) is 0 Å². The molecule has 178 valence electrons. The van der Waals surface area contributed by atoms with E-state index >= 15 is 0 Å². The van der Waals surface area contributed by atoms with Gasteiger partial charge in [0.1, 0.15) is 11.9 Å². The summed E-state index contributed by atoms with van der Waals surface area (Å²) in [5.41, 5.74) is 4.55. The Morgan fingerprint density at radius 3 is 2.85 bits per heavy atom. The van der Waals surface area contributed by atoms with Gasteiger partial charge in [0.25, 0.3) is 0 Å². The molecule has 2 atom stereocenters. The van der Waals surface area contributed by atoms with Gasteiger partial charge in [0.05, 0.1) is 47.7 Å². The first-order valence-electron chi connectivity index (χ1n) is 11.1. The Morgan fingerprint density at radius 1 is 1.29 bits per heavy atom. The summed E-state index contributed by atoms with van der Waals surface area (Å²) in [6.45, 7) is 1.87. The van der Waals surface area contributed by atoms with Crippen LogP contribution in [-0.2, 0) is 11.2 Å². The second-order valence-electron chi connectivity index (χ2n) is 8.25. The molecule has 0 amide bonds. The van der Waals surface area contributed by atoms with Gasteiger partial charge in [-0.2, -0.15) is 0 Å². The topological polar surface area (TPSA) is 115 Å². The van der Waals surface area contributed by atoms with Gasteiger partial charge in [-0.15, -0.1) is 0 Å². The van der Waals surface area contributed by atoms with Gasteiger partial charge >= 0.3 is 5.97 Å². The molecule has 0 bridgehead atoms. The zero-order chi connectivity index (χ0) is 24.2. The Kier molecular flexibility index (Phi) is 7.29. The SMILES string of the molecule is COc1cc(-c2ncc(C3CCc4ccc([C@H](O)CCCC(=O)O)cc4O3)nc2C)c(Cl)cn1. The first-order valence-corrected chi connectivity index (χ1v) is 11.5. The zero-order valence-corrected chi connectivity index (χ0v) is 19.7. The lowest BCUT2D eigenvalue weighted by molar-refractivity contribution is -0.137. The Labute approximate surface area is 202 Å². The van der Waals surface area contributed by atoms with Crippen LogP contribution in [0, 0.1) is 6.92 Å². The van der Waals surface area contributed by atoms with Gasteiger partial charge in [-0.3, -0.25) is 14.8 Å². The number of hydrogen-bond acceptors (Lipinski definition) is 7. The first kappa shape index (κ1) is 23.9. The summed E-state index contributed by atoms with van der Waals surface area (Å²) in [5, 5.41) is 19.7. The van der Waals surface area contributed by atoms with E-state index in [1.165, 1.54) is 6.20 Å². The maximum Gasteiger partial charge on any atom is 0.303 e. The van der Waals surface area contributed by atoms with Crippen LogP contribution in [0.3, 0.4) is 0 Å². The van der Waals surface area contributed by atoms with E-state index < -0.39 is 12.1 Å². The summed E-state index contributed by atoms with van der Waals surface area (Å²) in [7, 11) is 1.54. The zero-order valence-electron chi connectivity index (χ0n) is 19.0. The van der Waals surface area contributed by atoms with Crippen molar-refractivity contribution in [2.45, 2.75) is 51.2 Å². The highest BCUT2D eigenvalue weighted by Crippen LogP contribution is 2.37. The van der Waals surface area contributed by atoms with Crippen LogP contribution >= 0.6 is 11.6 Å². The van der Waals surface area contributed by atoms with Crippen LogP contribution in [0.25, 0.3) is 11.3 Å². The van der Waals surface area contributed by atoms with Crippen molar-refractivity contribution in [3.8, 4) is 22.9 Å². The quantitative estimate of drug-likeness (QED) is 0.466. The molecular formula is C25H26ClN3O5. The van der Waals surface area contributed by atoms with Crippen LogP contribution in [0.2, 0.25) is 5.02 Å². The molecule has 1 unspecified atom stereocenters. The van der Waals surface area contributed by atoms with Crippen LogP contribution in [0.4, 0.5) is 0 Å². The molecule has 0 spiro atoms. The minimum Gasteiger partial charge on any atom is -0.484 e. The lowest BCUT2D eigenvalue weighted by atomic mass is 9.96. The third kappa shape index (κ3) is 5.29. The number of aliphatic hydroxyl groups excluding tert-OH is 1. The van der Waals surface area contributed by atoms with Gasteiger partial charge < -0.3 is 19.7 Å². The van der Waals surface area contributed by atoms with E-state index in [9.17, 15) is 9.90 Å². The van der Waals surface area contributed by atoms with Crippen LogP contribution < -0.4 is 9.47 Å². The largest absolute Gasteiger partial charge is 0.484 e. The van der Waals surface area contributed by atoms with Gasteiger partial charge in [-0.1, -0.05) is 23.7 Å². The first-order chi connectivity index (χ1) is 16.4. The van der Waals surface area contributed by atoms with Gasteiger partial charge in [-0.05, 0) is 49.8 Å². The van der Waals surface area contributed by atoms with E-state index in [0.717, 1.165) is 24.1 Å². The monoisotopic (exact) mass is 483 g/mol. The number of carboxylic acid groups (broad SMARTS) is 1. The van der Waals surface area contributed by atoms with Crippen LogP contribution in [-0.4, -0.2) is 38.2 Å². The van der Waals surface area contributed by atoms with Crippen molar-refractivity contribution in [2.24, 2.45) is 0 Å². The van der Waals surface area contributed by atoms with E-state index in [1.807, 2.05) is 25.1 Å². The number of aromatic nitrogens is 3. The van der Waals surface area contributed by atoms with E-state index in [2.05, 4.69) is 9.97 Å². The number of ether oxygens (including phenoxy) is 2. The standard InChI is InChI=1S/C25H26ClN3O5/c1-14-25(17-11-23(33-2)27-12-18(17)26)28-13-19(29-14)21-9-8-15-6-7-16(10-22(15)34-21)20(30)4-3-5-24(31)32/h6-7,10-13,20-21,30H,3-5,8-9H2,1-2H3,(H,31,32)/t20-,21?/m1/s1. The molecule has 2 N–H and O–H groups in total. The molecule has 3 aromatic rings. The number of carbonyl (C=O) groups is 1. The number of pyridine rings is 1. The predicted molar refractivity (Wildman–Crippen MR) is 126 cm³/mol. The maximum atomic E-state index is 10.7. The fraction of sp³-hybridized carbons (Fsp3) is 0.360. The van der Waals surface area contributed by atoms with Crippen LogP contribution in [0.5, 0.6) is 11.6 Å². The summed E-state index contributed by atoms with van der Waals surface area (Å²) in [5.74, 6) is 0.283. The predicted octanol–water partition coefficient (Wildman–Crippen LogP) is 4.86. The van der Waals surface area contributed by atoms with Crippen molar-refractivity contribution in [1.29, 1.82) is 0 Å². The van der Waals surface area contributed by atoms with Crippen LogP contribution in [0.15, 0.2) is 36.7 Å². The molecule has 0 radical (unpaired) electrons. The molecular weight excluding hydrogens is 458 g/mol. The minimum absolute atomic E-state index is 0.0338. The average molecular weight is 484 g/mol. The number of aryl methyl sites for hydroxylation is 2. The van der Waals surface area contributed by atoms with E-state index in [0.29, 0.717) is 52.0 Å². The second kappa shape index (κ2) is 10.4. The highest BCUT2D eigenvalue weighted by atomic mass is 35.5. The fourth-order valence-corrected chi connectivity index (χ4v) is 4.24. The summed E-state index contributed by atoms with van der Waals surface area (Å²) in [6.07, 6.45) is 4.61. The molecule has 4 rings (SSSR count). The lowest BCUT2D eigenvalue weighted by Crippen LogP contribution is -2.17. The third-order valence-electron chi connectivity index (χ3n) is 5.88. The van der Waals surface area contributed by atoms with Crippen molar-refractivity contribution in [2.75, 3.05) is 7.11 Å². The number of aliphatic hydroxyl groups is 1. The van der Waals surface area contributed by atoms with E-state index in [1.54, 1.807) is 19.4 Å². The smallest absolute Gasteiger partial charge is 0.303 e. The molecule has 0 fully saturated rings. The third-order valence-corrected chi connectivity index (χ3v) is 6.18. The maximum absolute atomic E-state index is 10.7. The molecule has 1 aliphatic heterocycles. The van der Waals surface area contributed by atoms with Gasteiger partial charge in [0.15, 0.2) is 0 Å². The van der Waals surface area contributed by atoms with Crippen LogP contribution in [0.1, 0.15) is 60.4 Å². The summed E-state index contributed by atoms with van der Waals surface area (Å²) in [4.78, 5) is 24.2. The number of halogens is 1. The Bertz CT molecular complexity index is 1200. The Balaban J connectivity index is 1.52. The van der Waals surface area contributed by atoms with E-state index in [-0.39, 0.29) is 12.5 Å². The molecule has 2 aromatic heterocycles. The number of aliphatic carboxylic acids is 1. The van der Waals surface area contributed by atoms with Crippen molar-refractivity contribution >= 4 is 17.6 Å². The number of rotatable bonds is 8. The summed E-state index contributed by atoms with van der Waals surface area (Å²) in [6, 6.07) is 7.40. The average Bonchev–Trinajstić information content (AvgIpc) is 2.83. The van der Waals surface area contributed by atoms with Gasteiger partial charge in [-0.25, -0.2) is 4.98 Å². The molecule has 8 nitrogen and oxygen atoms in total. The number of carboxylic acids is 1. The van der Waals surface area contributed by atoms with Crippen molar-refractivity contribution < 1.29 is 24.5 Å².